The summed E-state index contributed by atoms with van der Waals surface area (Å²) in [5.41, 5.74) is 13.1. The molecular formula is C17H13ClN4O. The van der Waals surface area contributed by atoms with Crippen LogP contribution in [0.5, 0.6) is 0 Å². The Labute approximate surface area is 137 Å². The van der Waals surface area contributed by atoms with Crippen molar-refractivity contribution in [1.29, 1.82) is 0 Å². The van der Waals surface area contributed by atoms with Crippen LogP contribution in [-0.4, -0.2) is 16.9 Å². The molecule has 0 aliphatic carbocycles. The van der Waals surface area contributed by atoms with Crippen molar-refractivity contribution in [2.24, 2.45) is 16.5 Å². The average Bonchev–Trinajstić information content (AvgIpc) is 2.53. The number of para-hydroxylation sites is 1. The van der Waals surface area contributed by atoms with Crippen molar-refractivity contribution in [3.63, 3.8) is 0 Å². The van der Waals surface area contributed by atoms with Crippen LogP contribution in [0.3, 0.4) is 0 Å². The fourth-order valence-electron chi connectivity index (χ4n) is 2.33. The fraction of sp³-hybridized carbons (Fsp3) is 0. The number of carbonyl (C=O) groups is 1. The fourth-order valence-corrected chi connectivity index (χ4v) is 2.52. The SMILES string of the molecule is NC(N)=NC(=O)c1cc(-c2cccc(Cl)c2)nc2ccccc12. The van der Waals surface area contributed by atoms with Crippen LogP contribution in [-0.2, 0) is 0 Å². The Kier molecular flexibility index (Phi) is 3.95. The number of rotatable bonds is 2. The second-order valence-corrected chi connectivity index (χ2v) is 5.36. The number of nitrogens with zero attached hydrogens (tertiary/aromatic N) is 2. The number of hydrogen-bond donors (Lipinski definition) is 2. The van der Waals surface area contributed by atoms with Crippen molar-refractivity contribution in [2.75, 3.05) is 0 Å². The number of aromatic nitrogens is 1. The quantitative estimate of drug-likeness (QED) is 0.559. The van der Waals surface area contributed by atoms with Crippen LogP contribution in [0.1, 0.15) is 10.4 Å². The van der Waals surface area contributed by atoms with Gasteiger partial charge in [0.25, 0.3) is 5.91 Å². The molecule has 114 valence electrons. The highest BCUT2D eigenvalue weighted by Crippen LogP contribution is 2.26. The first-order chi connectivity index (χ1) is 11.0. The van der Waals surface area contributed by atoms with Crippen molar-refractivity contribution in [1.82, 2.24) is 4.98 Å². The first-order valence-corrected chi connectivity index (χ1v) is 7.22. The van der Waals surface area contributed by atoms with Gasteiger partial charge in [-0.05, 0) is 24.3 Å². The van der Waals surface area contributed by atoms with Crippen LogP contribution in [0.15, 0.2) is 59.6 Å². The lowest BCUT2D eigenvalue weighted by molar-refractivity contribution is 0.100. The Hall–Kier alpha value is -2.92. The summed E-state index contributed by atoms with van der Waals surface area (Å²) in [7, 11) is 0. The molecule has 0 atom stereocenters. The monoisotopic (exact) mass is 324 g/mol. The molecule has 0 radical (unpaired) electrons. The normalized spacial score (nSPS) is 10.5. The molecule has 5 nitrogen and oxygen atoms in total. The van der Waals surface area contributed by atoms with Gasteiger partial charge in [-0.3, -0.25) is 4.79 Å². The van der Waals surface area contributed by atoms with Crippen molar-refractivity contribution < 1.29 is 4.79 Å². The topological polar surface area (TPSA) is 94.4 Å². The molecule has 0 fully saturated rings. The summed E-state index contributed by atoms with van der Waals surface area (Å²) in [4.78, 5) is 20.5. The molecule has 1 amide bonds. The van der Waals surface area contributed by atoms with E-state index >= 15 is 0 Å². The van der Waals surface area contributed by atoms with Gasteiger partial charge in [0, 0.05) is 16.0 Å². The molecule has 23 heavy (non-hydrogen) atoms. The third-order valence-corrected chi connectivity index (χ3v) is 3.53. The van der Waals surface area contributed by atoms with Crippen molar-refractivity contribution >= 4 is 34.4 Å². The lowest BCUT2D eigenvalue weighted by atomic mass is 10.0. The van der Waals surface area contributed by atoms with Crippen molar-refractivity contribution in [2.45, 2.75) is 0 Å². The first-order valence-electron chi connectivity index (χ1n) is 6.84. The van der Waals surface area contributed by atoms with Gasteiger partial charge in [0.15, 0.2) is 5.96 Å². The largest absolute Gasteiger partial charge is 0.370 e. The first kappa shape index (κ1) is 15.0. The van der Waals surface area contributed by atoms with E-state index in [9.17, 15) is 4.79 Å². The Bertz CT molecular complexity index is 933. The number of benzene rings is 2. The lowest BCUT2D eigenvalue weighted by Gasteiger charge is -2.08. The number of guanidine groups is 1. The summed E-state index contributed by atoms with van der Waals surface area (Å²) in [6.07, 6.45) is 0. The van der Waals surface area contributed by atoms with E-state index in [1.807, 2.05) is 30.3 Å². The highest BCUT2D eigenvalue weighted by molar-refractivity contribution is 6.30. The zero-order chi connectivity index (χ0) is 16.4. The molecule has 6 heteroatoms. The minimum Gasteiger partial charge on any atom is -0.370 e. The number of aliphatic imine (C=N–C) groups is 1. The Morgan fingerprint density at radius 2 is 1.83 bits per heavy atom. The molecule has 0 saturated carbocycles. The van der Waals surface area contributed by atoms with E-state index in [4.69, 9.17) is 23.1 Å². The maximum absolute atomic E-state index is 12.3. The van der Waals surface area contributed by atoms with Crippen LogP contribution in [0.25, 0.3) is 22.2 Å². The van der Waals surface area contributed by atoms with Crippen molar-refractivity contribution in [3.8, 4) is 11.3 Å². The third kappa shape index (κ3) is 3.14. The number of pyridine rings is 1. The summed E-state index contributed by atoms with van der Waals surface area (Å²) in [6, 6.07) is 16.2. The van der Waals surface area contributed by atoms with Crippen LogP contribution in [0.2, 0.25) is 5.02 Å². The van der Waals surface area contributed by atoms with E-state index in [0.29, 0.717) is 27.2 Å². The number of nitrogens with two attached hydrogens (primary N) is 2. The van der Waals surface area contributed by atoms with Gasteiger partial charge in [-0.2, -0.15) is 4.99 Å². The maximum Gasteiger partial charge on any atom is 0.280 e. The second kappa shape index (κ2) is 6.06. The average molecular weight is 325 g/mol. The molecule has 0 aliphatic rings. The molecule has 0 bridgehead atoms. The highest BCUT2D eigenvalue weighted by Gasteiger charge is 2.13. The predicted octanol–water partition coefficient (Wildman–Crippen LogP) is 2.97. The number of fused-ring (bicyclic) bond motifs is 1. The predicted molar refractivity (Wildman–Crippen MR) is 92.3 cm³/mol. The Morgan fingerprint density at radius 3 is 2.57 bits per heavy atom. The molecule has 0 spiro atoms. The van der Waals surface area contributed by atoms with E-state index in [-0.39, 0.29) is 5.96 Å². The van der Waals surface area contributed by atoms with Gasteiger partial charge < -0.3 is 11.5 Å². The molecule has 3 aromatic rings. The summed E-state index contributed by atoms with van der Waals surface area (Å²) < 4.78 is 0. The van der Waals surface area contributed by atoms with Gasteiger partial charge in [0.05, 0.1) is 16.8 Å². The van der Waals surface area contributed by atoms with E-state index in [0.717, 1.165) is 5.56 Å². The molecule has 3 rings (SSSR count). The van der Waals surface area contributed by atoms with Crippen LogP contribution in [0, 0.1) is 0 Å². The van der Waals surface area contributed by atoms with Gasteiger partial charge in [0.1, 0.15) is 0 Å². The molecule has 1 aromatic heterocycles. The molecule has 4 N–H and O–H groups in total. The summed E-state index contributed by atoms with van der Waals surface area (Å²) >= 11 is 6.03. The number of amides is 1. The lowest BCUT2D eigenvalue weighted by Crippen LogP contribution is -2.24. The van der Waals surface area contributed by atoms with Gasteiger partial charge in [-0.25, -0.2) is 4.98 Å². The molecule has 1 heterocycles. The number of hydrogen-bond acceptors (Lipinski definition) is 2. The van der Waals surface area contributed by atoms with Crippen LogP contribution in [0.4, 0.5) is 0 Å². The smallest absolute Gasteiger partial charge is 0.280 e. The second-order valence-electron chi connectivity index (χ2n) is 4.92. The van der Waals surface area contributed by atoms with E-state index in [1.54, 1.807) is 24.3 Å². The van der Waals surface area contributed by atoms with Gasteiger partial charge in [-0.15, -0.1) is 0 Å². The Morgan fingerprint density at radius 1 is 1.04 bits per heavy atom. The molecular weight excluding hydrogens is 312 g/mol. The Balaban J connectivity index is 2.26. The summed E-state index contributed by atoms with van der Waals surface area (Å²) in [6.45, 7) is 0. The molecule has 0 unspecified atom stereocenters. The maximum atomic E-state index is 12.3. The third-order valence-electron chi connectivity index (χ3n) is 3.30. The zero-order valence-corrected chi connectivity index (χ0v) is 12.8. The van der Waals surface area contributed by atoms with Gasteiger partial charge in [-0.1, -0.05) is 41.9 Å². The van der Waals surface area contributed by atoms with Gasteiger partial charge in [0.2, 0.25) is 0 Å². The number of halogens is 1. The van der Waals surface area contributed by atoms with Gasteiger partial charge >= 0.3 is 0 Å². The minimum atomic E-state index is -0.508. The zero-order valence-electron chi connectivity index (χ0n) is 12.0. The van der Waals surface area contributed by atoms with E-state index in [1.165, 1.54) is 0 Å². The summed E-state index contributed by atoms with van der Waals surface area (Å²) in [5.74, 6) is -0.785. The summed E-state index contributed by atoms with van der Waals surface area (Å²) in [5, 5.41) is 1.28. The highest BCUT2D eigenvalue weighted by atomic mass is 35.5. The van der Waals surface area contributed by atoms with Crippen molar-refractivity contribution in [3.05, 3.63) is 65.2 Å². The molecule has 0 aliphatic heterocycles. The molecule has 2 aromatic carbocycles. The standard InChI is InChI=1S/C17H13ClN4O/c18-11-5-3-4-10(8-11)15-9-13(16(23)22-17(19)20)12-6-1-2-7-14(12)21-15/h1-9H,(H4,19,20,22,23). The molecule has 0 saturated heterocycles. The minimum absolute atomic E-state index is 0.278. The van der Waals surface area contributed by atoms with Crippen LogP contribution < -0.4 is 11.5 Å². The van der Waals surface area contributed by atoms with Crippen LogP contribution >= 0.6 is 11.6 Å². The van der Waals surface area contributed by atoms with E-state index < -0.39 is 5.91 Å². The number of carbonyl (C=O) groups excluding carboxylic acids is 1. The van der Waals surface area contributed by atoms with E-state index in [2.05, 4.69) is 9.98 Å².